The fraction of sp³-hybridized carbons (Fsp3) is 0.636. The zero-order chi connectivity index (χ0) is 13.1. The van der Waals surface area contributed by atoms with Crippen molar-refractivity contribution in [3.05, 3.63) is 12.7 Å². The summed E-state index contributed by atoms with van der Waals surface area (Å²) in [4.78, 5) is 24.0. The van der Waals surface area contributed by atoms with Crippen LogP contribution in [0.1, 0.15) is 12.8 Å². The van der Waals surface area contributed by atoms with E-state index >= 15 is 0 Å². The molecular weight excluding hydrogens is 226 g/mol. The molecule has 1 saturated carbocycles. The van der Waals surface area contributed by atoms with Crippen LogP contribution in [0.4, 0.5) is 4.79 Å². The van der Waals surface area contributed by atoms with Gasteiger partial charge in [0.2, 0.25) is 0 Å². The zero-order valence-corrected chi connectivity index (χ0v) is 10.0. The van der Waals surface area contributed by atoms with E-state index in [-0.39, 0.29) is 25.6 Å². The Labute approximate surface area is 99.8 Å². The quantitative estimate of drug-likeness (QED) is 0.725. The van der Waals surface area contributed by atoms with Crippen molar-refractivity contribution < 1.29 is 24.2 Å². The molecule has 0 aliphatic heterocycles. The number of likely N-dealkylation sites (N-methyl/N-ethyl adjacent to an activating group) is 1. The van der Waals surface area contributed by atoms with Gasteiger partial charge in [-0.05, 0) is 0 Å². The van der Waals surface area contributed by atoms with Crippen LogP contribution in [-0.2, 0) is 14.3 Å². The van der Waals surface area contributed by atoms with Crippen LogP contribution in [0.5, 0.6) is 0 Å². The topological polar surface area (TPSA) is 76.1 Å². The van der Waals surface area contributed by atoms with Crippen LogP contribution in [0, 0.1) is 0 Å². The minimum Gasteiger partial charge on any atom is -0.479 e. The maximum atomic E-state index is 11.6. The van der Waals surface area contributed by atoms with Gasteiger partial charge in [-0.3, -0.25) is 4.90 Å². The van der Waals surface area contributed by atoms with Gasteiger partial charge < -0.3 is 14.6 Å². The highest BCUT2D eigenvalue weighted by atomic mass is 16.6. The summed E-state index contributed by atoms with van der Waals surface area (Å²) in [6.45, 7) is 3.48. The van der Waals surface area contributed by atoms with Crippen molar-refractivity contribution in [1.29, 1.82) is 0 Å². The number of carbonyl (C=O) groups excluding carboxylic acids is 1. The Morgan fingerprint density at radius 2 is 2.18 bits per heavy atom. The number of aliphatic carboxylic acids is 1. The number of carbonyl (C=O) groups is 2. The van der Waals surface area contributed by atoms with E-state index in [0.29, 0.717) is 0 Å². The zero-order valence-electron chi connectivity index (χ0n) is 10.0. The second-order valence-electron chi connectivity index (χ2n) is 4.03. The van der Waals surface area contributed by atoms with Gasteiger partial charge in [-0.25, -0.2) is 9.59 Å². The molecule has 0 aromatic heterocycles. The molecule has 1 fully saturated rings. The Bertz CT molecular complexity index is 322. The maximum Gasteiger partial charge on any atom is 0.410 e. The lowest BCUT2D eigenvalue weighted by molar-refractivity contribution is -0.166. The number of carboxylic acids is 1. The normalized spacial score (nSPS) is 26.8. The average Bonchev–Trinajstić information content (AvgIpc) is 2.24. The number of carboxylic acid groups (broad SMARTS) is 1. The van der Waals surface area contributed by atoms with Gasteiger partial charge >= 0.3 is 12.1 Å². The lowest BCUT2D eigenvalue weighted by Gasteiger charge is -2.48. The molecule has 1 amide bonds. The summed E-state index contributed by atoms with van der Waals surface area (Å²) >= 11 is 0. The van der Waals surface area contributed by atoms with Crippen LogP contribution in [0.15, 0.2) is 12.7 Å². The van der Waals surface area contributed by atoms with Crippen molar-refractivity contribution in [3.8, 4) is 0 Å². The lowest BCUT2D eigenvalue weighted by Crippen LogP contribution is -2.65. The van der Waals surface area contributed by atoms with Gasteiger partial charge in [0, 0.05) is 27.0 Å². The first kappa shape index (κ1) is 13.5. The van der Waals surface area contributed by atoms with E-state index in [1.54, 1.807) is 0 Å². The molecule has 0 saturated heterocycles. The Morgan fingerprint density at radius 3 is 2.59 bits per heavy atom. The molecule has 1 rings (SSSR count). The fourth-order valence-electron chi connectivity index (χ4n) is 1.85. The molecule has 1 N–H and O–H groups in total. The minimum atomic E-state index is -1.21. The minimum absolute atomic E-state index is 0.0621. The predicted molar refractivity (Wildman–Crippen MR) is 59.7 cm³/mol. The van der Waals surface area contributed by atoms with Crippen molar-refractivity contribution >= 4 is 12.1 Å². The number of rotatable bonds is 5. The van der Waals surface area contributed by atoms with E-state index in [1.165, 1.54) is 20.2 Å². The summed E-state index contributed by atoms with van der Waals surface area (Å²) in [7, 11) is 2.94. The number of hydrogen-bond donors (Lipinski definition) is 1. The van der Waals surface area contributed by atoms with Crippen LogP contribution in [0.2, 0.25) is 0 Å². The first-order valence-electron chi connectivity index (χ1n) is 5.25. The summed E-state index contributed by atoms with van der Waals surface area (Å²) < 4.78 is 9.86. The monoisotopic (exact) mass is 243 g/mol. The lowest BCUT2D eigenvalue weighted by atomic mass is 9.73. The second-order valence-corrected chi connectivity index (χ2v) is 4.03. The highest BCUT2D eigenvalue weighted by Gasteiger charge is 2.56. The van der Waals surface area contributed by atoms with Crippen LogP contribution < -0.4 is 0 Å². The molecule has 96 valence electrons. The first-order chi connectivity index (χ1) is 7.97. The number of hydrogen-bond acceptors (Lipinski definition) is 4. The van der Waals surface area contributed by atoms with Crippen molar-refractivity contribution in [2.45, 2.75) is 24.5 Å². The smallest absolute Gasteiger partial charge is 0.410 e. The highest BCUT2D eigenvalue weighted by Crippen LogP contribution is 2.39. The van der Waals surface area contributed by atoms with Gasteiger partial charge in [0.1, 0.15) is 12.1 Å². The Morgan fingerprint density at radius 1 is 1.59 bits per heavy atom. The highest BCUT2D eigenvalue weighted by molar-refractivity contribution is 5.85. The predicted octanol–water partition coefficient (Wildman–Crippen LogP) is 0.873. The van der Waals surface area contributed by atoms with Gasteiger partial charge in [0.25, 0.3) is 0 Å². The van der Waals surface area contributed by atoms with Crippen LogP contribution in [-0.4, -0.2) is 54.5 Å². The molecule has 0 aromatic rings. The summed E-state index contributed by atoms with van der Waals surface area (Å²) in [5, 5.41) is 9.22. The van der Waals surface area contributed by atoms with Gasteiger partial charge in [0.15, 0.2) is 0 Å². The van der Waals surface area contributed by atoms with Gasteiger partial charge in [-0.1, -0.05) is 12.7 Å². The summed E-state index contributed by atoms with van der Waals surface area (Å²) in [6, 6.07) is 0. The maximum absolute atomic E-state index is 11.6. The molecule has 0 spiro atoms. The van der Waals surface area contributed by atoms with Gasteiger partial charge in [-0.2, -0.15) is 0 Å². The molecule has 1 aliphatic rings. The molecule has 0 unspecified atom stereocenters. The van der Waals surface area contributed by atoms with E-state index in [0.717, 1.165) is 4.90 Å². The van der Waals surface area contributed by atoms with Crippen molar-refractivity contribution in [1.82, 2.24) is 4.90 Å². The largest absolute Gasteiger partial charge is 0.479 e. The van der Waals surface area contributed by atoms with E-state index in [4.69, 9.17) is 9.47 Å². The number of methoxy groups -OCH3 is 1. The number of nitrogens with zero attached hydrogens (tertiary/aromatic N) is 1. The average molecular weight is 243 g/mol. The molecule has 0 aromatic carbocycles. The third-order valence-corrected chi connectivity index (χ3v) is 3.10. The first-order valence-corrected chi connectivity index (χ1v) is 5.25. The van der Waals surface area contributed by atoms with E-state index in [9.17, 15) is 14.7 Å². The van der Waals surface area contributed by atoms with Crippen LogP contribution in [0.25, 0.3) is 0 Å². The third kappa shape index (κ3) is 2.41. The third-order valence-electron chi connectivity index (χ3n) is 3.10. The van der Waals surface area contributed by atoms with Crippen LogP contribution in [0.3, 0.4) is 0 Å². The summed E-state index contributed by atoms with van der Waals surface area (Å²) in [5.41, 5.74) is -1.21. The van der Waals surface area contributed by atoms with Gasteiger partial charge in [0.05, 0.1) is 6.10 Å². The number of amides is 1. The molecule has 6 heteroatoms. The molecule has 0 radical (unpaired) electrons. The van der Waals surface area contributed by atoms with E-state index in [2.05, 4.69) is 6.58 Å². The molecule has 6 nitrogen and oxygen atoms in total. The van der Waals surface area contributed by atoms with E-state index in [1.807, 2.05) is 0 Å². The molecule has 17 heavy (non-hydrogen) atoms. The summed E-state index contributed by atoms with van der Waals surface area (Å²) in [5.74, 6) is -1.04. The summed E-state index contributed by atoms with van der Waals surface area (Å²) in [6.07, 6.45) is 1.19. The molecule has 0 atom stereocenters. The Kier molecular flexibility index (Phi) is 4.11. The Balaban J connectivity index is 2.69. The van der Waals surface area contributed by atoms with Crippen molar-refractivity contribution in [3.63, 3.8) is 0 Å². The van der Waals surface area contributed by atoms with Crippen LogP contribution >= 0.6 is 0 Å². The SMILES string of the molecule is C=CCOC(=O)N(C)C1(C(=O)O)CC(OC)C1. The molecular formula is C11H17NO5. The second kappa shape index (κ2) is 5.18. The van der Waals surface area contributed by atoms with Crippen molar-refractivity contribution in [2.24, 2.45) is 0 Å². The fourth-order valence-corrected chi connectivity index (χ4v) is 1.85. The number of ether oxygens (including phenoxy) is 2. The standard InChI is InChI=1S/C11H17NO5/c1-4-5-17-10(15)12(2)11(9(13)14)6-8(7-11)16-3/h4,8H,1,5-7H2,2-3H3,(H,13,14). The molecule has 0 bridgehead atoms. The van der Waals surface area contributed by atoms with Crippen molar-refractivity contribution in [2.75, 3.05) is 20.8 Å². The Hall–Kier alpha value is -1.56. The molecule has 0 heterocycles. The van der Waals surface area contributed by atoms with Gasteiger partial charge in [-0.15, -0.1) is 0 Å². The molecule has 1 aliphatic carbocycles. The van der Waals surface area contributed by atoms with E-state index < -0.39 is 17.6 Å².